The average Bonchev–Trinajstić information content (AvgIpc) is 3.61. The summed E-state index contributed by atoms with van der Waals surface area (Å²) in [7, 11) is -2.95. The van der Waals surface area contributed by atoms with Crippen molar-refractivity contribution in [2.75, 3.05) is 22.9 Å². The molecule has 15 heteroatoms. The summed E-state index contributed by atoms with van der Waals surface area (Å²) in [5.74, 6) is -1.41. The summed E-state index contributed by atoms with van der Waals surface area (Å²) in [6.07, 6.45) is 0. The molecule has 4 N–H and O–H groups in total. The third-order valence-corrected chi connectivity index (χ3v) is 10.4. The first kappa shape index (κ1) is 30.2. The first-order valence-corrected chi connectivity index (χ1v) is 16.6. The Morgan fingerprint density at radius 3 is 2.56 bits per heavy atom. The van der Waals surface area contributed by atoms with Gasteiger partial charge in [0.1, 0.15) is 22.7 Å². The summed E-state index contributed by atoms with van der Waals surface area (Å²) in [6, 6.07) is 21.6. The highest BCUT2D eigenvalue weighted by atomic mass is 32.2. The lowest BCUT2D eigenvalue weighted by atomic mass is 10.2. The zero-order valence-electron chi connectivity index (χ0n) is 23.4. The fourth-order valence-electron chi connectivity index (χ4n) is 4.60. The Hall–Kier alpha value is -4.86. The molecule has 1 aliphatic rings. The molecular formula is C30H24FN5O6S3. The van der Waals surface area contributed by atoms with Gasteiger partial charge in [0.25, 0.3) is 21.8 Å². The number of hydrazine groups is 1. The molecule has 1 atom stereocenters. The third-order valence-electron chi connectivity index (χ3n) is 6.77. The van der Waals surface area contributed by atoms with E-state index in [1.807, 2.05) is 6.07 Å². The lowest BCUT2D eigenvalue weighted by Crippen LogP contribution is -2.44. The third kappa shape index (κ3) is 6.22. The number of anilines is 3. The highest BCUT2D eigenvalue weighted by Gasteiger charge is 2.35. The Balaban J connectivity index is 1.26. The normalized spacial score (nSPS) is 14.8. The molecule has 6 rings (SSSR count). The minimum atomic E-state index is -4.28. The van der Waals surface area contributed by atoms with Gasteiger partial charge in [0.2, 0.25) is 0 Å². The molecule has 1 fully saturated rings. The van der Waals surface area contributed by atoms with E-state index < -0.39 is 27.1 Å². The lowest BCUT2D eigenvalue weighted by Gasteiger charge is -2.25. The molecule has 2 amide bonds. The number of carbonyl (C=O) groups is 2. The van der Waals surface area contributed by atoms with Crippen molar-refractivity contribution in [2.45, 2.75) is 10.3 Å². The van der Waals surface area contributed by atoms with Gasteiger partial charge in [-0.1, -0.05) is 41.7 Å². The number of phenolic OH excluding ortho intramolecular Hbond substituents is 1. The van der Waals surface area contributed by atoms with E-state index in [9.17, 15) is 27.5 Å². The van der Waals surface area contributed by atoms with E-state index in [1.54, 1.807) is 36.4 Å². The highest BCUT2D eigenvalue weighted by molar-refractivity contribution is 8.00. The molecule has 1 saturated heterocycles. The van der Waals surface area contributed by atoms with Crippen LogP contribution in [-0.4, -0.2) is 48.2 Å². The van der Waals surface area contributed by atoms with Crippen molar-refractivity contribution in [2.24, 2.45) is 0 Å². The van der Waals surface area contributed by atoms with Crippen molar-refractivity contribution >= 4 is 71.7 Å². The molecule has 1 aliphatic heterocycles. The highest BCUT2D eigenvalue weighted by Crippen LogP contribution is 2.39. The number of benzene rings is 4. The van der Waals surface area contributed by atoms with Gasteiger partial charge in [0.05, 0.1) is 39.2 Å². The second kappa shape index (κ2) is 12.3. The summed E-state index contributed by atoms with van der Waals surface area (Å²) in [4.78, 5) is 30.2. The number of nitrogens with one attached hydrogen (secondary N) is 3. The number of amides is 2. The molecule has 0 radical (unpaired) electrons. The van der Waals surface area contributed by atoms with E-state index in [4.69, 9.17) is 4.74 Å². The van der Waals surface area contributed by atoms with Crippen molar-refractivity contribution in [3.05, 3.63) is 102 Å². The SMILES string of the molecule is COc1ccc(S(=O)(=O)Nc2nc3ccc(F)c(Nc4ccccc4)c3s2)cc1C(=O)NN1C(=O)CSC1c1ccc(O)cc1. The zero-order chi connectivity index (χ0) is 31.7. The van der Waals surface area contributed by atoms with Crippen LogP contribution in [0, 0.1) is 5.82 Å². The van der Waals surface area contributed by atoms with Crippen molar-refractivity contribution in [1.82, 2.24) is 15.4 Å². The van der Waals surface area contributed by atoms with Crippen molar-refractivity contribution in [3.63, 3.8) is 0 Å². The van der Waals surface area contributed by atoms with Crippen molar-refractivity contribution < 1.29 is 32.2 Å². The number of phenols is 1. The smallest absolute Gasteiger partial charge is 0.273 e. The Labute approximate surface area is 265 Å². The van der Waals surface area contributed by atoms with Crippen LogP contribution < -0.4 is 20.2 Å². The number of hydrogen-bond acceptors (Lipinski definition) is 10. The van der Waals surface area contributed by atoms with E-state index >= 15 is 0 Å². The van der Waals surface area contributed by atoms with Gasteiger partial charge < -0.3 is 15.2 Å². The van der Waals surface area contributed by atoms with Crippen LogP contribution >= 0.6 is 23.1 Å². The zero-order valence-corrected chi connectivity index (χ0v) is 25.8. The molecular weight excluding hydrogens is 642 g/mol. The summed E-state index contributed by atoms with van der Waals surface area (Å²) < 4.78 is 49.9. The number of nitrogens with zero attached hydrogens (tertiary/aromatic N) is 2. The molecule has 1 unspecified atom stereocenters. The van der Waals surface area contributed by atoms with E-state index in [0.717, 1.165) is 17.4 Å². The van der Waals surface area contributed by atoms with Crippen molar-refractivity contribution in [1.29, 1.82) is 0 Å². The number of aromatic nitrogens is 1. The maximum Gasteiger partial charge on any atom is 0.273 e. The van der Waals surface area contributed by atoms with Gasteiger partial charge in [-0.05, 0) is 60.2 Å². The fourth-order valence-corrected chi connectivity index (χ4v) is 7.92. The minimum absolute atomic E-state index is 0.00930. The number of carbonyl (C=O) groups excluding carboxylic acids is 2. The number of thiazole rings is 1. The second-order valence-electron chi connectivity index (χ2n) is 9.71. The Bertz CT molecular complexity index is 2020. The van der Waals surface area contributed by atoms with Crippen LogP contribution in [0.5, 0.6) is 11.5 Å². The number of thioether (sulfide) groups is 1. The van der Waals surface area contributed by atoms with Crippen LogP contribution in [0.4, 0.5) is 20.9 Å². The molecule has 11 nitrogen and oxygen atoms in total. The number of sulfonamides is 1. The van der Waals surface area contributed by atoms with Crippen LogP contribution in [0.1, 0.15) is 21.3 Å². The van der Waals surface area contributed by atoms with Gasteiger partial charge in [-0.15, -0.1) is 11.8 Å². The van der Waals surface area contributed by atoms with Crippen LogP contribution in [0.25, 0.3) is 10.2 Å². The first-order chi connectivity index (χ1) is 21.6. The van der Waals surface area contributed by atoms with Gasteiger partial charge in [-0.2, -0.15) is 0 Å². The van der Waals surface area contributed by atoms with E-state index in [2.05, 4.69) is 20.4 Å². The van der Waals surface area contributed by atoms with Crippen LogP contribution in [0.3, 0.4) is 0 Å². The van der Waals surface area contributed by atoms with Crippen LogP contribution in [-0.2, 0) is 14.8 Å². The molecule has 0 spiro atoms. The summed E-state index contributed by atoms with van der Waals surface area (Å²) in [6.45, 7) is 0. The molecule has 4 aromatic carbocycles. The van der Waals surface area contributed by atoms with Gasteiger partial charge in [0, 0.05) is 5.69 Å². The van der Waals surface area contributed by atoms with E-state index in [-0.39, 0.29) is 44.4 Å². The molecule has 0 aliphatic carbocycles. The molecule has 45 heavy (non-hydrogen) atoms. The maximum absolute atomic E-state index is 14.8. The molecule has 0 saturated carbocycles. The summed E-state index contributed by atoms with van der Waals surface area (Å²) in [5, 5.41) is 13.2. The van der Waals surface area contributed by atoms with E-state index in [1.165, 1.54) is 60.3 Å². The second-order valence-corrected chi connectivity index (χ2v) is 13.5. The molecule has 2 heterocycles. The van der Waals surface area contributed by atoms with Gasteiger partial charge in [-0.3, -0.25) is 19.7 Å². The molecule has 0 bridgehead atoms. The Morgan fingerprint density at radius 1 is 1.07 bits per heavy atom. The topological polar surface area (TPSA) is 150 Å². The summed E-state index contributed by atoms with van der Waals surface area (Å²) in [5.41, 5.74) is 4.30. The number of ether oxygens (including phenoxy) is 1. The first-order valence-electron chi connectivity index (χ1n) is 13.3. The van der Waals surface area contributed by atoms with E-state index in [0.29, 0.717) is 21.5 Å². The number of hydrogen-bond donors (Lipinski definition) is 4. The standard InChI is InChI=1S/C30H24FN5O6S3/c1-42-24-14-11-20(15-21(24)28(39)34-36-25(38)16-43-29(36)17-7-9-19(37)10-8-17)45(40,41)35-30-33-23-13-12-22(31)26(27(23)44-30)32-18-5-3-2-4-6-18/h2-15,29,32,37H,16H2,1H3,(H,33,35)(H,34,39). The number of para-hydroxylation sites is 1. The number of fused-ring (bicyclic) bond motifs is 1. The predicted molar refractivity (Wildman–Crippen MR) is 171 cm³/mol. The monoisotopic (exact) mass is 665 g/mol. The lowest BCUT2D eigenvalue weighted by molar-refractivity contribution is -0.130. The molecule has 1 aromatic heterocycles. The quantitative estimate of drug-likeness (QED) is 0.158. The molecule has 230 valence electrons. The number of aromatic hydroxyl groups is 1. The van der Waals surface area contributed by atoms with Gasteiger partial charge in [-0.25, -0.2) is 22.8 Å². The van der Waals surface area contributed by atoms with Gasteiger partial charge >= 0.3 is 0 Å². The predicted octanol–water partition coefficient (Wildman–Crippen LogP) is 5.61. The van der Waals surface area contributed by atoms with Crippen LogP contribution in [0.2, 0.25) is 0 Å². The number of halogens is 1. The summed E-state index contributed by atoms with van der Waals surface area (Å²) >= 11 is 2.23. The van der Waals surface area contributed by atoms with Crippen molar-refractivity contribution in [3.8, 4) is 11.5 Å². The fraction of sp³-hybridized carbons (Fsp3) is 0.100. The maximum atomic E-state index is 14.8. The Morgan fingerprint density at radius 2 is 1.82 bits per heavy atom. The number of methoxy groups -OCH3 is 1. The average molecular weight is 666 g/mol. The minimum Gasteiger partial charge on any atom is -0.508 e. The van der Waals surface area contributed by atoms with Crippen LogP contribution in [0.15, 0.2) is 89.8 Å². The van der Waals surface area contributed by atoms with Gasteiger partial charge in [0.15, 0.2) is 5.13 Å². The largest absolute Gasteiger partial charge is 0.508 e. The Kier molecular flexibility index (Phi) is 8.22. The molecule has 5 aromatic rings. The number of rotatable bonds is 9.